The molecule has 36 heavy (non-hydrogen) atoms. The summed E-state index contributed by atoms with van der Waals surface area (Å²) >= 11 is 0. The number of rotatable bonds is 14. The molecule has 0 aromatic carbocycles. The third-order valence-corrected chi connectivity index (χ3v) is 5.78. The van der Waals surface area contributed by atoms with Gasteiger partial charge in [0.15, 0.2) is 0 Å². The number of amides is 3. The third kappa shape index (κ3) is 8.16. The standard InChI is InChI=1S/C22H34N8O6/c1-4-11(2)17(29-19(32)15(23)5-13-7-24-9-26-13)20(33)30-18(12(3)31)21(34)28-16(22(35)36)6-14-8-25-10-27-14/h7-12,15-18,31H,4-6,23H2,1-3H3,(H,24,26)(H,25,27)(H,28,34)(H,29,32)(H,30,33)(H,35,36). The lowest BCUT2D eigenvalue weighted by molar-refractivity contribution is -0.143. The Balaban J connectivity index is 2.09. The number of hydrogen-bond acceptors (Lipinski definition) is 8. The van der Waals surface area contributed by atoms with Gasteiger partial charge in [0.05, 0.1) is 24.8 Å². The van der Waals surface area contributed by atoms with Crippen LogP contribution >= 0.6 is 0 Å². The van der Waals surface area contributed by atoms with Crippen LogP contribution in [0.15, 0.2) is 25.0 Å². The van der Waals surface area contributed by atoms with Gasteiger partial charge in [-0.1, -0.05) is 20.3 Å². The Bertz CT molecular complexity index is 994. The predicted molar refractivity (Wildman–Crippen MR) is 127 cm³/mol. The smallest absolute Gasteiger partial charge is 0.326 e. The summed E-state index contributed by atoms with van der Waals surface area (Å²) in [4.78, 5) is 63.6. The number of H-pyrrole nitrogens is 2. The maximum absolute atomic E-state index is 13.1. The van der Waals surface area contributed by atoms with Gasteiger partial charge >= 0.3 is 5.97 Å². The summed E-state index contributed by atoms with van der Waals surface area (Å²) in [5.74, 6) is -3.82. The average molecular weight is 507 g/mol. The van der Waals surface area contributed by atoms with Crippen molar-refractivity contribution in [1.29, 1.82) is 0 Å². The van der Waals surface area contributed by atoms with Gasteiger partial charge in [-0.05, 0) is 12.8 Å². The largest absolute Gasteiger partial charge is 0.480 e. The van der Waals surface area contributed by atoms with Gasteiger partial charge < -0.3 is 41.9 Å². The fourth-order valence-electron chi connectivity index (χ4n) is 3.41. The maximum atomic E-state index is 13.1. The van der Waals surface area contributed by atoms with Crippen molar-refractivity contribution < 1.29 is 29.4 Å². The summed E-state index contributed by atoms with van der Waals surface area (Å²) in [5.41, 5.74) is 7.10. The van der Waals surface area contributed by atoms with Gasteiger partial charge in [0, 0.05) is 36.6 Å². The second kappa shape index (κ2) is 13.3. The van der Waals surface area contributed by atoms with E-state index in [4.69, 9.17) is 5.73 Å². The summed E-state index contributed by atoms with van der Waals surface area (Å²) < 4.78 is 0. The van der Waals surface area contributed by atoms with E-state index in [1.54, 1.807) is 6.92 Å². The number of imidazole rings is 2. The number of aliphatic hydroxyl groups is 1. The molecule has 0 saturated carbocycles. The number of aliphatic hydroxyl groups excluding tert-OH is 1. The van der Waals surface area contributed by atoms with Gasteiger partial charge in [0.1, 0.15) is 18.1 Å². The van der Waals surface area contributed by atoms with E-state index in [1.165, 1.54) is 32.0 Å². The lowest BCUT2D eigenvalue weighted by atomic mass is 9.97. The molecular formula is C22H34N8O6. The van der Waals surface area contributed by atoms with E-state index in [0.29, 0.717) is 17.8 Å². The molecule has 0 aliphatic carbocycles. The van der Waals surface area contributed by atoms with E-state index in [-0.39, 0.29) is 18.8 Å². The minimum Gasteiger partial charge on any atom is -0.480 e. The zero-order chi connectivity index (χ0) is 26.8. The first kappa shape index (κ1) is 28.5. The number of aromatic amines is 2. The van der Waals surface area contributed by atoms with Crippen LogP contribution in [0.4, 0.5) is 0 Å². The molecule has 198 valence electrons. The molecule has 6 unspecified atom stereocenters. The number of carbonyl (C=O) groups excluding carboxylic acids is 3. The molecule has 2 rings (SSSR count). The molecule has 9 N–H and O–H groups in total. The van der Waals surface area contributed by atoms with Crippen molar-refractivity contribution in [2.24, 2.45) is 11.7 Å². The van der Waals surface area contributed by atoms with Crippen LogP contribution in [0.25, 0.3) is 0 Å². The molecule has 6 atom stereocenters. The number of carboxylic acid groups (broad SMARTS) is 1. The number of nitrogens with two attached hydrogens (primary N) is 1. The summed E-state index contributed by atoms with van der Waals surface area (Å²) in [5, 5.41) is 27.1. The van der Waals surface area contributed by atoms with E-state index in [9.17, 15) is 29.4 Å². The van der Waals surface area contributed by atoms with Gasteiger partial charge in [-0.15, -0.1) is 0 Å². The first-order chi connectivity index (χ1) is 17.0. The topological polar surface area (TPSA) is 228 Å². The first-order valence-electron chi connectivity index (χ1n) is 11.6. The molecule has 0 aliphatic rings. The highest BCUT2D eigenvalue weighted by atomic mass is 16.4. The predicted octanol–water partition coefficient (Wildman–Crippen LogP) is -1.79. The number of carbonyl (C=O) groups is 4. The second-order valence-corrected chi connectivity index (χ2v) is 8.67. The molecule has 0 radical (unpaired) electrons. The number of carboxylic acids is 1. The SMILES string of the molecule is CCC(C)C(NC(=O)C(N)Cc1cnc[nH]1)C(=O)NC(C(=O)NC(Cc1cnc[nH]1)C(=O)O)C(C)O. The Morgan fingerprint density at radius 3 is 1.92 bits per heavy atom. The quantitative estimate of drug-likeness (QED) is 0.144. The Morgan fingerprint density at radius 1 is 0.917 bits per heavy atom. The summed E-state index contributed by atoms with van der Waals surface area (Å²) in [6, 6.07) is -4.81. The molecule has 2 aromatic heterocycles. The minimum absolute atomic E-state index is 0.0820. The molecule has 0 spiro atoms. The van der Waals surface area contributed by atoms with E-state index >= 15 is 0 Å². The number of aromatic nitrogens is 4. The zero-order valence-corrected chi connectivity index (χ0v) is 20.4. The maximum Gasteiger partial charge on any atom is 0.326 e. The molecule has 0 fully saturated rings. The molecule has 3 amide bonds. The van der Waals surface area contributed by atoms with Crippen LogP contribution in [0.2, 0.25) is 0 Å². The van der Waals surface area contributed by atoms with Gasteiger partial charge in [0.2, 0.25) is 17.7 Å². The number of aliphatic carboxylic acids is 1. The van der Waals surface area contributed by atoms with Crippen molar-refractivity contribution in [1.82, 2.24) is 35.9 Å². The van der Waals surface area contributed by atoms with Crippen molar-refractivity contribution >= 4 is 23.7 Å². The van der Waals surface area contributed by atoms with Crippen molar-refractivity contribution in [3.8, 4) is 0 Å². The third-order valence-electron chi connectivity index (χ3n) is 5.78. The Hall–Kier alpha value is -3.78. The monoisotopic (exact) mass is 506 g/mol. The van der Waals surface area contributed by atoms with Crippen LogP contribution < -0.4 is 21.7 Å². The molecule has 0 saturated heterocycles. The Kier molecular flexibility index (Phi) is 10.5. The van der Waals surface area contributed by atoms with Gasteiger partial charge in [0.25, 0.3) is 0 Å². The lowest BCUT2D eigenvalue weighted by Crippen LogP contribution is -2.61. The summed E-state index contributed by atoms with van der Waals surface area (Å²) in [6.45, 7) is 4.85. The summed E-state index contributed by atoms with van der Waals surface area (Å²) in [6.07, 6.45) is 5.05. The van der Waals surface area contributed by atoms with Gasteiger partial charge in [-0.3, -0.25) is 14.4 Å². The second-order valence-electron chi connectivity index (χ2n) is 8.67. The lowest BCUT2D eigenvalue weighted by Gasteiger charge is -2.28. The van der Waals surface area contributed by atoms with Crippen molar-refractivity contribution in [3.05, 3.63) is 36.4 Å². The Labute approximate surface area is 207 Å². The van der Waals surface area contributed by atoms with Crippen molar-refractivity contribution in [2.45, 2.75) is 70.3 Å². The summed E-state index contributed by atoms with van der Waals surface area (Å²) in [7, 11) is 0. The molecular weight excluding hydrogens is 472 g/mol. The highest BCUT2D eigenvalue weighted by Crippen LogP contribution is 2.10. The molecule has 2 heterocycles. The average Bonchev–Trinajstić information content (AvgIpc) is 3.53. The number of nitrogens with zero attached hydrogens (tertiary/aromatic N) is 2. The van der Waals surface area contributed by atoms with Crippen LogP contribution in [0.3, 0.4) is 0 Å². The minimum atomic E-state index is -1.47. The van der Waals surface area contributed by atoms with Crippen LogP contribution in [0.1, 0.15) is 38.6 Å². The van der Waals surface area contributed by atoms with Crippen molar-refractivity contribution in [2.75, 3.05) is 0 Å². The van der Waals surface area contributed by atoms with E-state index in [2.05, 4.69) is 35.9 Å². The van der Waals surface area contributed by atoms with Crippen molar-refractivity contribution in [3.63, 3.8) is 0 Å². The molecule has 0 bridgehead atoms. The van der Waals surface area contributed by atoms with Crippen LogP contribution in [-0.2, 0) is 32.0 Å². The highest BCUT2D eigenvalue weighted by Gasteiger charge is 2.34. The number of hydrogen-bond donors (Lipinski definition) is 8. The molecule has 14 heteroatoms. The van der Waals surface area contributed by atoms with E-state index in [1.807, 2.05) is 6.92 Å². The van der Waals surface area contributed by atoms with Crippen LogP contribution in [0.5, 0.6) is 0 Å². The van der Waals surface area contributed by atoms with Crippen LogP contribution in [0, 0.1) is 5.92 Å². The fraction of sp³-hybridized carbons (Fsp3) is 0.545. The molecule has 2 aromatic rings. The first-order valence-corrected chi connectivity index (χ1v) is 11.6. The zero-order valence-electron chi connectivity index (χ0n) is 20.4. The fourth-order valence-corrected chi connectivity index (χ4v) is 3.41. The Morgan fingerprint density at radius 2 is 1.44 bits per heavy atom. The molecule has 14 nitrogen and oxygen atoms in total. The molecule has 0 aliphatic heterocycles. The van der Waals surface area contributed by atoms with Gasteiger partial charge in [-0.25, -0.2) is 14.8 Å². The van der Waals surface area contributed by atoms with E-state index in [0.717, 1.165) is 0 Å². The van der Waals surface area contributed by atoms with Gasteiger partial charge in [-0.2, -0.15) is 0 Å². The highest BCUT2D eigenvalue weighted by molar-refractivity contribution is 5.94. The normalized spacial score (nSPS) is 16.1. The van der Waals surface area contributed by atoms with E-state index < -0.39 is 54.0 Å². The van der Waals surface area contributed by atoms with Crippen LogP contribution in [-0.4, -0.2) is 84.1 Å². The number of nitrogens with one attached hydrogen (secondary N) is 5.